The van der Waals surface area contributed by atoms with Gasteiger partial charge in [0, 0.05) is 18.1 Å². The first-order chi connectivity index (χ1) is 9.33. The van der Waals surface area contributed by atoms with Crippen LogP contribution < -0.4 is 0 Å². The van der Waals surface area contributed by atoms with Gasteiger partial charge in [0.15, 0.2) is 5.65 Å². The Bertz CT molecular complexity index is 751. The van der Waals surface area contributed by atoms with Crippen LogP contribution in [0.3, 0.4) is 0 Å². The fourth-order valence-corrected chi connectivity index (χ4v) is 3.25. The predicted octanol–water partition coefficient (Wildman–Crippen LogP) is 3.18. The molecule has 1 aliphatic heterocycles. The molecule has 0 radical (unpaired) electrons. The summed E-state index contributed by atoms with van der Waals surface area (Å²) >= 11 is 8.08. The number of halogens is 1. The summed E-state index contributed by atoms with van der Waals surface area (Å²) in [7, 11) is 0. The van der Waals surface area contributed by atoms with Crippen molar-refractivity contribution in [3.63, 3.8) is 0 Å². The lowest BCUT2D eigenvalue weighted by molar-refractivity contribution is 0.109. The zero-order chi connectivity index (χ0) is 12.8. The first-order valence-electron chi connectivity index (χ1n) is 6.01. The third kappa shape index (κ3) is 1.77. The average molecular weight is 292 g/mol. The molecule has 4 rings (SSSR count). The van der Waals surface area contributed by atoms with Gasteiger partial charge in [-0.1, -0.05) is 17.7 Å². The molecule has 0 unspecified atom stereocenters. The van der Waals surface area contributed by atoms with Crippen molar-refractivity contribution in [2.24, 2.45) is 0 Å². The van der Waals surface area contributed by atoms with E-state index in [0.717, 1.165) is 33.9 Å². The molecule has 4 nitrogen and oxygen atoms in total. The van der Waals surface area contributed by atoms with Gasteiger partial charge in [-0.25, -0.2) is 9.50 Å². The van der Waals surface area contributed by atoms with Gasteiger partial charge in [0.25, 0.3) is 0 Å². The SMILES string of the molecule is Clc1c2c(nc3cc(-c4cccs4)nn13)CCOC2. The van der Waals surface area contributed by atoms with Crippen molar-refractivity contribution >= 4 is 28.6 Å². The minimum absolute atomic E-state index is 0.519. The lowest BCUT2D eigenvalue weighted by Crippen LogP contribution is -2.14. The van der Waals surface area contributed by atoms with Crippen molar-refractivity contribution in [2.45, 2.75) is 13.0 Å². The number of rotatable bonds is 1. The first-order valence-corrected chi connectivity index (χ1v) is 7.27. The van der Waals surface area contributed by atoms with E-state index < -0.39 is 0 Å². The Morgan fingerprint density at radius 2 is 2.37 bits per heavy atom. The van der Waals surface area contributed by atoms with E-state index in [1.54, 1.807) is 15.9 Å². The Kier molecular flexibility index (Phi) is 2.58. The summed E-state index contributed by atoms with van der Waals surface area (Å²) in [5, 5.41) is 7.19. The summed E-state index contributed by atoms with van der Waals surface area (Å²) in [6, 6.07) is 6.04. The third-order valence-electron chi connectivity index (χ3n) is 3.23. The molecule has 96 valence electrons. The van der Waals surface area contributed by atoms with Gasteiger partial charge < -0.3 is 4.74 Å². The monoisotopic (exact) mass is 291 g/mol. The molecule has 0 fully saturated rings. The fraction of sp³-hybridized carbons (Fsp3) is 0.231. The third-order valence-corrected chi connectivity index (χ3v) is 4.51. The van der Waals surface area contributed by atoms with Gasteiger partial charge in [-0.3, -0.25) is 0 Å². The second-order valence-corrected chi connectivity index (χ2v) is 5.71. The number of fused-ring (bicyclic) bond motifs is 2. The Morgan fingerprint density at radius 1 is 1.42 bits per heavy atom. The van der Waals surface area contributed by atoms with Gasteiger partial charge >= 0.3 is 0 Å². The van der Waals surface area contributed by atoms with Crippen LogP contribution in [0, 0.1) is 0 Å². The zero-order valence-corrected chi connectivity index (χ0v) is 11.5. The molecule has 4 heterocycles. The van der Waals surface area contributed by atoms with Crippen LogP contribution in [0.4, 0.5) is 0 Å². The van der Waals surface area contributed by atoms with Gasteiger partial charge in [-0.05, 0) is 11.4 Å². The number of hydrogen-bond acceptors (Lipinski definition) is 4. The molecule has 1 aliphatic rings. The highest BCUT2D eigenvalue weighted by molar-refractivity contribution is 7.13. The largest absolute Gasteiger partial charge is 0.376 e. The van der Waals surface area contributed by atoms with Crippen LogP contribution in [0.5, 0.6) is 0 Å². The average Bonchev–Trinajstić information content (AvgIpc) is 3.07. The van der Waals surface area contributed by atoms with Gasteiger partial charge in [-0.15, -0.1) is 11.3 Å². The van der Waals surface area contributed by atoms with E-state index >= 15 is 0 Å². The molecule has 0 N–H and O–H groups in total. The Morgan fingerprint density at radius 3 is 3.21 bits per heavy atom. The topological polar surface area (TPSA) is 39.4 Å². The molecular formula is C13H10ClN3OS. The number of aromatic nitrogens is 3. The van der Waals surface area contributed by atoms with Crippen LogP contribution in [-0.2, 0) is 17.8 Å². The number of thiophene rings is 1. The van der Waals surface area contributed by atoms with Crippen molar-refractivity contribution in [2.75, 3.05) is 6.61 Å². The van der Waals surface area contributed by atoms with Crippen molar-refractivity contribution < 1.29 is 4.74 Å². The van der Waals surface area contributed by atoms with E-state index in [4.69, 9.17) is 16.3 Å². The molecule has 19 heavy (non-hydrogen) atoms. The van der Waals surface area contributed by atoms with Crippen molar-refractivity contribution in [3.8, 4) is 10.6 Å². The quantitative estimate of drug-likeness (QED) is 0.647. The van der Waals surface area contributed by atoms with Crippen molar-refractivity contribution in [3.05, 3.63) is 40.0 Å². The lowest BCUT2D eigenvalue weighted by Gasteiger charge is -2.16. The first kappa shape index (κ1) is 11.4. The van der Waals surface area contributed by atoms with Gasteiger partial charge in [0.2, 0.25) is 0 Å². The molecule has 3 aromatic rings. The zero-order valence-electron chi connectivity index (χ0n) is 9.97. The molecule has 6 heteroatoms. The standard InChI is InChI=1S/C13H10ClN3OS/c14-13-8-7-18-4-3-9(8)15-12-6-10(16-17(12)13)11-2-1-5-19-11/h1-2,5-6H,3-4,7H2. The van der Waals surface area contributed by atoms with Crippen LogP contribution in [0.15, 0.2) is 23.6 Å². The van der Waals surface area contributed by atoms with Gasteiger partial charge in [-0.2, -0.15) is 5.10 Å². The highest BCUT2D eigenvalue weighted by Crippen LogP contribution is 2.29. The molecule has 0 amide bonds. The summed E-state index contributed by atoms with van der Waals surface area (Å²) in [6.45, 7) is 1.23. The Labute approximate surface area is 118 Å². The summed E-state index contributed by atoms with van der Waals surface area (Å²) in [5.74, 6) is 0. The van der Waals surface area contributed by atoms with Crippen LogP contribution in [0.2, 0.25) is 5.15 Å². The molecular weight excluding hydrogens is 282 g/mol. The highest BCUT2D eigenvalue weighted by atomic mass is 35.5. The molecule has 0 aliphatic carbocycles. The van der Waals surface area contributed by atoms with E-state index in [-0.39, 0.29) is 0 Å². The van der Waals surface area contributed by atoms with Crippen LogP contribution in [0.1, 0.15) is 11.3 Å². The number of nitrogens with zero attached hydrogens (tertiary/aromatic N) is 3. The van der Waals surface area contributed by atoms with Crippen LogP contribution in [-0.4, -0.2) is 21.2 Å². The van der Waals surface area contributed by atoms with Crippen LogP contribution in [0.25, 0.3) is 16.2 Å². The van der Waals surface area contributed by atoms with E-state index in [1.165, 1.54) is 0 Å². The maximum atomic E-state index is 6.42. The summed E-state index contributed by atoms with van der Waals surface area (Å²) in [5.41, 5.74) is 3.70. The van der Waals surface area contributed by atoms with Crippen molar-refractivity contribution in [1.82, 2.24) is 14.6 Å². The van der Waals surface area contributed by atoms with Gasteiger partial charge in [0.05, 0.1) is 23.8 Å². The molecule has 0 spiro atoms. The van der Waals surface area contributed by atoms with E-state index in [9.17, 15) is 0 Å². The minimum atomic E-state index is 0.519. The molecule has 0 saturated carbocycles. The Hall–Kier alpha value is -1.43. The summed E-state index contributed by atoms with van der Waals surface area (Å²) in [4.78, 5) is 5.77. The number of hydrogen-bond donors (Lipinski definition) is 0. The second-order valence-electron chi connectivity index (χ2n) is 4.41. The highest BCUT2D eigenvalue weighted by Gasteiger charge is 2.19. The van der Waals surface area contributed by atoms with Gasteiger partial charge in [0.1, 0.15) is 10.8 Å². The number of ether oxygens (including phenoxy) is 1. The smallest absolute Gasteiger partial charge is 0.157 e. The summed E-state index contributed by atoms with van der Waals surface area (Å²) in [6.07, 6.45) is 0.811. The lowest BCUT2D eigenvalue weighted by atomic mass is 10.1. The maximum absolute atomic E-state index is 6.42. The molecule has 0 bridgehead atoms. The second kappa shape index (κ2) is 4.30. The molecule has 0 aromatic carbocycles. The van der Waals surface area contributed by atoms with Crippen molar-refractivity contribution in [1.29, 1.82) is 0 Å². The van der Waals surface area contributed by atoms with E-state index in [2.05, 4.69) is 10.1 Å². The normalized spacial score (nSPS) is 14.8. The van der Waals surface area contributed by atoms with E-state index in [1.807, 2.05) is 23.6 Å². The summed E-state index contributed by atoms with van der Waals surface area (Å²) < 4.78 is 7.14. The maximum Gasteiger partial charge on any atom is 0.157 e. The molecule has 0 atom stereocenters. The van der Waals surface area contributed by atoms with E-state index in [0.29, 0.717) is 18.4 Å². The fourth-order valence-electron chi connectivity index (χ4n) is 2.29. The molecule has 0 saturated heterocycles. The molecule has 3 aromatic heterocycles. The van der Waals surface area contributed by atoms with Crippen LogP contribution >= 0.6 is 22.9 Å². The Balaban J connectivity index is 1.96. The predicted molar refractivity (Wildman–Crippen MR) is 74.7 cm³/mol. The minimum Gasteiger partial charge on any atom is -0.376 e.